The molecule has 0 aromatic carbocycles. The molecule has 1 unspecified atom stereocenters. The van der Waals surface area contributed by atoms with Gasteiger partial charge >= 0.3 is 5.91 Å². The van der Waals surface area contributed by atoms with Gasteiger partial charge in [-0.25, -0.2) is 0 Å². The molecule has 4 nitrogen and oxygen atoms in total. The van der Waals surface area contributed by atoms with E-state index in [1.165, 1.54) is 67.2 Å². The van der Waals surface area contributed by atoms with E-state index >= 15 is 0 Å². The van der Waals surface area contributed by atoms with Crippen LogP contribution in [0.1, 0.15) is 39.1 Å². The largest absolute Gasteiger partial charge is 0.553 e. The third-order valence-electron chi connectivity index (χ3n) is 7.80. The zero-order valence-corrected chi connectivity index (χ0v) is 55.1. The van der Waals surface area contributed by atoms with Crippen molar-refractivity contribution in [2.75, 3.05) is 0 Å². The van der Waals surface area contributed by atoms with E-state index in [1.807, 2.05) is 0 Å². The van der Waals surface area contributed by atoms with Crippen LogP contribution in [0.5, 0.6) is 0 Å². The number of rotatable bonds is 0. The first-order chi connectivity index (χ1) is 14.1. The van der Waals surface area contributed by atoms with E-state index in [4.69, 9.17) is 0 Å². The molecule has 0 aliphatic carbocycles. The molecule has 10 radical (unpaired) electrons. The van der Waals surface area contributed by atoms with Crippen molar-refractivity contribution in [2.45, 2.75) is 33.6 Å². The normalized spacial score (nSPS) is 17.9. The molecule has 0 amide bonds. The average molecular weight is 1330 g/mol. The molecule has 1 spiro atoms. The molecule has 43 heavy (non-hydrogen) atoms. The van der Waals surface area contributed by atoms with Crippen molar-refractivity contribution < 1.29 is 336 Å². The maximum Gasteiger partial charge on any atom is 0.553 e. The molecule has 6 aliphatic heterocycles. The molecule has 200 valence electrons. The first kappa shape index (κ1) is 65.5. The van der Waals surface area contributed by atoms with Crippen LogP contribution in [-0.2, 0) is 333 Å². The number of nitrogens with zero attached hydrogens (tertiary/aromatic N) is 4. The number of aromatic nitrogens is 2. The second kappa shape index (κ2) is 24.2. The summed E-state index contributed by atoms with van der Waals surface area (Å²) in [7, 11) is 0. The Kier molecular flexibility index (Phi) is 36.9. The summed E-state index contributed by atoms with van der Waals surface area (Å²) < 4.78 is 10.3. The molecule has 0 N–H and O–H groups in total. The fourth-order valence-corrected chi connectivity index (χ4v) is 6.51. The molecule has 6 aliphatic rings. The van der Waals surface area contributed by atoms with Crippen LogP contribution in [0.25, 0.3) is 16.7 Å². The van der Waals surface area contributed by atoms with Gasteiger partial charge in [-0.05, 0) is 57.5 Å². The molecule has 8 rings (SSSR count). The first-order valence-electron chi connectivity index (χ1n) is 10.3. The Labute approximate surface area is 511 Å². The standard InChI is InChI=1S/C25H20N4.4CH3.10Y/c1-13-17-5-7-19-14(2)21-9-11-23-16(4)24-12-10-22-15(3)20-8-6-18(13)27(20)25(26(17)19,28(21)23)29(22)24;;;;;;;;;;;;;;/h5-12H,1-4H3;4*1H3;;;;;;;;;;/q+2;4*-1;;;;;;;;;;. The van der Waals surface area contributed by atoms with Gasteiger partial charge in [0, 0.05) is 363 Å². The van der Waals surface area contributed by atoms with E-state index in [9.17, 15) is 0 Å². The molecular weight excluding hydrogens is 1290 g/mol. The van der Waals surface area contributed by atoms with Gasteiger partial charge in [-0.1, -0.05) is 9.15 Å². The van der Waals surface area contributed by atoms with Crippen LogP contribution >= 0.6 is 0 Å². The molecular formula is C29H32N4Y10-2. The van der Waals surface area contributed by atoms with E-state index in [0.29, 0.717) is 0 Å². The first-order valence-corrected chi connectivity index (χ1v) is 10.3. The topological polar surface area (TPSA) is 15.9 Å². The molecule has 0 saturated heterocycles. The summed E-state index contributed by atoms with van der Waals surface area (Å²) in [6.07, 6.45) is 9.24. The third kappa shape index (κ3) is 8.42. The van der Waals surface area contributed by atoms with Gasteiger partial charge in [0.05, 0.1) is 27.7 Å². The van der Waals surface area contributed by atoms with Gasteiger partial charge in [0.15, 0.2) is 0 Å². The Morgan fingerprint density at radius 1 is 0.442 bits per heavy atom. The van der Waals surface area contributed by atoms with Crippen LogP contribution in [0.4, 0.5) is 0 Å². The van der Waals surface area contributed by atoms with Crippen LogP contribution in [0.15, 0.2) is 65.5 Å². The zero-order valence-electron chi connectivity index (χ0n) is 26.7. The molecule has 2 aromatic heterocycles. The molecule has 0 bridgehead atoms. The van der Waals surface area contributed by atoms with E-state index in [1.54, 1.807) is 0 Å². The molecule has 0 fully saturated rings. The Hall–Kier alpha value is 7.64. The van der Waals surface area contributed by atoms with Gasteiger partial charge in [0.25, 0.3) is 0 Å². The second-order valence-electron chi connectivity index (χ2n) is 8.86. The fraction of sp³-hybridized carbons (Fsp3) is 0.172. The summed E-state index contributed by atoms with van der Waals surface area (Å²) in [5.41, 5.74) is 13.2. The minimum absolute atomic E-state index is 0. The van der Waals surface area contributed by atoms with Crippen LogP contribution in [0.3, 0.4) is 0 Å². The van der Waals surface area contributed by atoms with Crippen molar-refractivity contribution in [3.8, 4) is 0 Å². The summed E-state index contributed by atoms with van der Waals surface area (Å²) >= 11 is 0. The predicted octanol–water partition coefficient (Wildman–Crippen LogP) is 3.98. The van der Waals surface area contributed by atoms with Gasteiger partial charge in [-0.15, -0.1) is 0 Å². The summed E-state index contributed by atoms with van der Waals surface area (Å²) in [5.74, 6) is -0.470. The molecule has 2 aromatic rings. The molecule has 8 heterocycles. The Bertz CT molecular complexity index is 1650. The van der Waals surface area contributed by atoms with Crippen molar-refractivity contribution >= 4 is 28.1 Å². The van der Waals surface area contributed by atoms with E-state index in [2.05, 4.69) is 94.5 Å². The number of hydrogen-bond donors (Lipinski definition) is 0. The number of hydrogen-bond acceptors (Lipinski definition) is 0. The third-order valence-corrected chi connectivity index (χ3v) is 7.80. The molecule has 1 atom stereocenters. The maximum atomic E-state index is 2.58. The van der Waals surface area contributed by atoms with Gasteiger partial charge in [-0.3, -0.25) is 0 Å². The Morgan fingerprint density at radius 2 is 0.814 bits per heavy atom. The van der Waals surface area contributed by atoms with Crippen LogP contribution in [0.2, 0.25) is 0 Å². The fourth-order valence-electron chi connectivity index (χ4n) is 6.51. The van der Waals surface area contributed by atoms with Crippen LogP contribution in [-0.4, -0.2) is 29.7 Å². The van der Waals surface area contributed by atoms with Crippen molar-refractivity contribution in [1.82, 2.24) is 9.13 Å². The monoisotopic (exact) mass is 1330 g/mol. The molecule has 14 heteroatoms. The minimum atomic E-state index is -0.470. The SMILES string of the molecule is CC1=C2C=CC3=[N+]2C24n5c(ccc5C(C)=c5ccc(n52)=C3C)C(C)=C2C=CC1=[N+]24.[CH3-].[CH3-].[CH3-].[CH3-].[Y].[Y].[Y].[Y].[Y].[Y].[Y].[Y].[Y].[Y]. The van der Waals surface area contributed by atoms with Crippen LogP contribution in [0, 0.1) is 29.7 Å². The van der Waals surface area contributed by atoms with Crippen molar-refractivity contribution in [1.29, 1.82) is 0 Å². The Balaban J connectivity index is -0.000000185. The van der Waals surface area contributed by atoms with Gasteiger partial charge < -0.3 is 29.7 Å². The maximum absolute atomic E-state index is 2.58. The van der Waals surface area contributed by atoms with Crippen LogP contribution < -0.4 is 10.7 Å². The Morgan fingerprint density at radius 3 is 1.28 bits per heavy atom. The predicted molar refractivity (Wildman–Crippen MR) is 139 cm³/mol. The van der Waals surface area contributed by atoms with Crippen molar-refractivity contribution in [3.63, 3.8) is 0 Å². The van der Waals surface area contributed by atoms with E-state index in [-0.39, 0.29) is 357 Å². The van der Waals surface area contributed by atoms with Crippen molar-refractivity contribution in [3.05, 3.63) is 117 Å². The smallest absolute Gasteiger partial charge is 0.358 e. The summed E-state index contributed by atoms with van der Waals surface area (Å²) in [5, 5.41) is 2.62. The van der Waals surface area contributed by atoms with Gasteiger partial charge in [0.1, 0.15) is 0 Å². The van der Waals surface area contributed by atoms with Crippen molar-refractivity contribution in [2.24, 2.45) is 0 Å². The number of allylic oxidation sites excluding steroid dienone is 6. The summed E-state index contributed by atoms with van der Waals surface area (Å²) in [4.78, 5) is 0. The zero-order chi connectivity index (χ0) is 19.4. The van der Waals surface area contributed by atoms with Gasteiger partial charge in [-0.2, -0.15) is 9.13 Å². The quantitative estimate of drug-likeness (QED) is 0.281. The summed E-state index contributed by atoms with van der Waals surface area (Å²) in [6.45, 7) is 9.06. The van der Waals surface area contributed by atoms with Gasteiger partial charge in [0.2, 0.25) is 22.8 Å². The van der Waals surface area contributed by atoms with E-state index < -0.39 is 5.91 Å². The minimum Gasteiger partial charge on any atom is -0.358 e. The second-order valence-corrected chi connectivity index (χ2v) is 8.86. The average Bonchev–Trinajstić information content (AvgIpc) is 3.50. The van der Waals surface area contributed by atoms with E-state index in [0.717, 1.165) is 0 Å². The summed E-state index contributed by atoms with van der Waals surface area (Å²) in [6, 6.07) is 9.24. The molecule has 0 saturated carbocycles.